The molecule has 1 aromatic heterocycles. The minimum Gasteiger partial charge on any atom is -0.286 e. The van der Waals surface area contributed by atoms with E-state index in [-0.39, 0.29) is 5.91 Å². The minimum atomic E-state index is -0.0378. The Labute approximate surface area is 94.6 Å². The molecule has 0 saturated carbocycles. The van der Waals surface area contributed by atoms with Crippen molar-refractivity contribution in [3.8, 4) is 0 Å². The van der Waals surface area contributed by atoms with Gasteiger partial charge in [-0.15, -0.1) is 0 Å². The fourth-order valence-electron chi connectivity index (χ4n) is 1.46. The summed E-state index contributed by atoms with van der Waals surface area (Å²) < 4.78 is 2.46. The van der Waals surface area contributed by atoms with Gasteiger partial charge >= 0.3 is 0 Å². The van der Waals surface area contributed by atoms with Gasteiger partial charge in [0, 0.05) is 23.0 Å². The van der Waals surface area contributed by atoms with Crippen molar-refractivity contribution in [3.63, 3.8) is 0 Å². The standard InChI is InChI=1S/C10H7BrClNO/c1-6(14)13-3-2-7-4-8(11)5-9(12)10(7)13/h2-5H,1H3. The first-order valence-electron chi connectivity index (χ1n) is 4.06. The number of halogens is 2. The molecule has 0 aliphatic heterocycles. The summed E-state index contributed by atoms with van der Waals surface area (Å²) in [7, 11) is 0. The molecule has 0 spiro atoms. The van der Waals surface area contributed by atoms with Crippen LogP contribution in [0.4, 0.5) is 0 Å². The number of aromatic nitrogens is 1. The molecule has 0 unspecified atom stereocenters. The van der Waals surface area contributed by atoms with E-state index in [0.717, 1.165) is 15.4 Å². The summed E-state index contributed by atoms with van der Waals surface area (Å²) in [6.45, 7) is 1.51. The third-order valence-corrected chi connectivity index (χ3v) is 2.79. The molecule has 0 bridgehead atoms. The zero-order valence-electron chi connectivity index (χ0n) is 7.42. The molecule has 4 heteroatoms. The van der Waals surface area contributed by atoms with Crippen LogP contribution in [0.2, 0.25) is 5.02 Å². The highest BCUT2D eigenvalue weighted by atomic mass is 79.9. The van der Waals surface area contributed by atoms with Crippen LogP contribution in [0.3, 0.4) is 0 Å². The van der Waals surface area contributed by atoms with Crippen molar-refractivity contribution in [1.82, 2.24) is 4.57 Å². The van der Waals surface area contributed by atoms with Crippen molar-refractivity contribution in [2.75, 3.05) is 0 Å². The number of carbonyl (C=O) groups excluding carboxylic acids is 1. The van der Waals surface area contributed by atoms with Crippen LogP contribution in [-0.2, 0) is 0 Å². The van der Waals surface area contributed by atoms with Crippen molar-refractivity contribution in [3.05, 3.63) is 33.9 Å². The van der Waals surface area contributed by atoms with Gasteiger partial charge in [0.15, 0.2) is 0 Å². The lowest BCUT2D eigenvalue weighted by molar-refractivity contribution is 0.0941. The van der Waals surface area contributed by atoms with Crippen molar-refractivity contribution in [1.29, 1.82) is 0 Å². The molecule has 0 amide bonds. The van der Waals surface area contributed by atoms with Gasteiger partial charge in [-0.25, -0.2) is 0 Å². The Morgan fingerprint density at radius 2 is 2.21 bits per heavy atom. The van der Waals surface area contributed by atoms with Crippen LogP contribution in [0.5, 0.6) is 0 Å². The van der Waals surface area contributed by atoms with Crippen molar-refractivity contribution in [2.24, 2.45) is 0 Å². The van der Waals surface area contributed by atoms with Crippen LogP contribution in [0, 0.1) is 0 Å². The van der Waals surface area contributed by atoms with E-state index in [0.29, 0.717) is 5.02 Å². The zero-order valence-corrected chi connectivity index (χ0v) is 9.76. The predicted molar refractivity (Wildman–Crippen MR) is 60.9 cm³/mol. The van der Waals surface area contributed by atoms with Crippen LogP contribution >= 0.6 is 27.5 Å². The first-order chi connectivity index (χ1) is 6.59. The monoisotopic (exact) mass is 271 g/mol. The highest BCUT2D eigenvalue weighted by molar-refractivity contribution is 9.10. The van der Waals surface area contributed by atoms with Gasteiger partial charge in [-0.3, -0.25) is 9.36 Å². The molecular weight excluding hydrogens is 265 g/mol. The van der Waals surface area contributed by atoms with E-state index in [1.165, 1.54) is 6.92 Å². The van der Waals surface area contributed by atoms with Gasteiger partial charge in [0.1, 0.15) is 0 Å². The number of carbonyl (C=O) groups is 1. The summed E-state index contributed by atoms with van der Waals surface area (Å²) in [4.78, 5) is 11.3. The average molecular weight is 273 g/mol. The van der Waals surface area contributed by atoms with E-state index >= 15 is 0 Å². The van der Waals surface area contributed by atoms with Crippen molar-refractivity contribution in [2.45, 2.75) is 6.92 Å². The van der Waals surface area contributed by atoms with E-state index in [9.17, 15) is 4.79 Å². The quantitative estimate of drug-likeness (QED) is 0.716. The fraction of sp³-hybridized carbons (Fsp3) is 0.100. The molecule has 0 aliphatic rings. The lowest BCUT2D eigenvalue weighted by Crippen LogP contribution is -2.03. The summed E-state index contributed by atoms with van der Waals surface area (Å²) in [6.07, 6.45) is 1.73. The average Bonchev–Trinajstić information content (AvgIpc) is 2.47. The Hall–Kier alpha value is -0.800. The number of hydrogen-bond donors (Lipinski definition) is 0. The molecule has 2 rings (SSSR count). The Morgan fingerprint density at radius 1 is 1.50 bits per heavy atom. The predicted octanol–water partition coefficient (Wildman–Crippen LogP) is 3.72. The Kier molecular flexibility index (Phi) is 2.37. The molecule has 0 atom stereocenters. The Bertz CT molecular complexity index is 518. The summed E-state index contributed by atoms with van der Waals surface area (Å²) in [5.74, 6) is -0.0378. The van der Waals surface area contributed by atoms with Crippen molar-refractivity contribution < 1.29 is 4.79 Å². The smallest absolute Gasteiger partial charge is 0.227 e. The van der Waals surface area contributed by atoms with Crippen LogP contribution in [0.15, 0.2) is 28.9 Å². The molecule has 1 aromatic carbocycles. The summed E-state index contributed by atoms with van der Waals surface area (Å²) in [6, 6.07) is 5.58. The number of hydrogen-bond acceptors (Lipinski definition) is 1. The normalized spacial score (nSPS) is 10.8. The highest BCUT2D eigenvalue weighted by Gasteiger charge is 2.08. The molecule has 0 aliphatic carbocycles. The topological polar surface area (TPSA) is 22.0 Å². The molecule has 2 aromatic rings. The Morgan fingerprint density at radius 3 is 2.86 bits per heavy atom. The number of fused-ring (bicyclic) bond motifs is 1. The molecule has 0 saturated heterocycles. The third kappa shape index (κ3) is 1.47. The highest BCUT2D eigenvalue weighted by Crippen LogP contribution is 2.28. The number of benzene rings is 1. The number of rotatable bonds is 0. The van der Waals surface area contributed by atoms with Crippen molar-refractivity contribution >= 4 is 44.3 Å². The minimum absolute atomic E-state index is 0.0378. The van der Waals surface area contributed by atoms with Gasteiger partial charge in [0.05, 0.1) is 10.5 Å². The second kappa shape index (κ2) is 3.41. The maximum absolute atomic E-state index is 11.3. The maximum atomic E-state index is 11.3. The molecule has 14 heavy (non-hydrogen) atoms. The molecule has 0 radical (unpaired) electrons. The third-order valence-electron chi connectivity index (χ3n) is 2.04. The maximum Gasteiger partial charge on any atom is 0.227 e. The molecule has 72 valence electrons. The molecule has 1 heterocycles. The molecule has 0 fully saturated rings. The summed E-state index contributed by atoms with van der Waals surface area (Å²) in [5, 5.41) is 1.54. The van der Waals surface area contributed by atoms with Crippen LogP contribution in [0.25, 0.3) is 10.9 Å². The first kappa shape index (κ1) is 9.74. The number of nitrogens with zero attached hydrogens (tertiary/aromatic N) is 1. The molecule has 0 N–H and O–H groups in total. The second-order valence-electron chi connectivity index (χ2n) is 3.03. The first-order valence-corrected chi connectivity index (χ1v) is 5.24. The summed E-state index contributed by atoms with van der Waals surface area (Å²) in [5.41, 5.74) is 0.766. The SMILES string of the molecule is CC(=O)n1ccc2cc(Br)cc(Cl)c21. The lowest BCUT2D eigenvalue weighted by Gasteiger charge is -2.02. The van der Waals surface area contributed by atoms with Crippen LogP contribution in [-0.4, -0.2) is 10.5 Å². The lowest BCUT2D eigenvalue weighted by atomic mass is 10.2. The fourth-order valence-corrected chi connectivity index (χ4v) is 2.38. The second-order valence-corrected chi connectivity index (χ2v) is 4.35. The van der Waals surface area contributed by atoms with E-state index in [2.05, 4.69) is 15.9 Å². The van der Waals surface area contributed by atoms with Gasteiger partial charge in [-0.05, 0) is 18.2 Å². The van der Waals surface area contributed by atoms with E-state index < -0.39 is 0 Å². The Balaban J connectivity index is 2.85. The molecular formula is C10H7BrClNO. The van der Waals surface area contributed by atoms with Gasteiger partial charge in [-0.2, -0.15) is 0 Å². The summed E-state index contributed by atoms with van der Waals surface area (Å²) >= 11 is 9.40. The van der Waals surface area contributed by atoms with E-state index in [1.807, 2.05) is 12.1 Å². The van der Waals surface area contributed by atoms with Gasteiger partial charge < -0.3 is 0 Å². The van der Waals surface area contributed by atoms with Crippen LogP contribution < -0.4 is 0 Å². The largest absolute Gasteiger partial charge is 0.286 e. The van der Waals surface area contributed by atoms with E-state index in [4.69, 9.17) is 11.6 Å². The molecule has 2 nitrogen and oxygen atoms in total. The van der Waals surface area contributed by atoms with Gasteiger partial charge in [0.2, 0.25) is 5.91 Å². The van der Waals surface area contributed by atoms with Crippen LogP contribution in [0.1, 0.15) is 11.7 Å². The van der Waals surface area contributed by atoms with E-state index in [1.54, 1.807) is 16.8 Å². The zero-order chi connectivity index (χ0) is 10.3. The van der Waals surface area contributed by atoms with Gasteiger partial charge in [-0.1, -0.05) is 27.5 Å². The van der Waals surface area contributed by atoms with Gasteiger partial charge in [0.25, 0.3) is 0 Å².